The van der Waals surface area contributed by atoms with E-state index in [4.69, 9.17) is 28.4 Å². The quantitative estimate of drug-likeness (QED) is 0.0199. The summed E-state index contributed by atoms with van der Waals surface area (Å²) >= 11 is 0. The van der Waals surface area contributed by atoms with Crippen LogP contribution in [-0.4, -0.2) is 193 Å². The first-order valence-corrected chi connectivity index (χ1v) is 41.5. The molecule has 3 aliphatic rings. The zero-order valence-electron chi connectivity index (χ0n) is 64.5. The van der Waals surface area contributed by atoms with Crippen molar-refractivity contribution in [1.82, 2.24) is 5.32 Å². The van der Waals surface area contributed by atoms with Crippen molar-refractivity contribution in [3.63, 3.8) is 0 Å². The second-order valence-corrected chi connectivity index (χ2v) is 29.2. The Kier molecular flexibility index (Phi) is 58.9. The molecule has 0 spiro atoms. The Bertz CT molecular complexity index is 2260. The largest absolute Gasteiger partial charge is 0.394 e. The minimum atomic E-state index is -1.99. The van der Waals surface area contributed by atoms with Crippen LogP contribution >= 0.6 is 0 Å². The minimum absolute atomic E-state index is 0.225. The van der Waals surface area contributed by atoms with Gasteiger partial charge in [-0.15, -0.1) is 0 Å². The van der Waals surface area contributed by atoms with Gasteiger partial charge < -0.3 is 89.9 Å². The number of hydrogen-bond donors (Lipinski definition) is 12. The molecule has 0 bridgehead atoms. The molecular formula is C85H149NO18. The number of carbonyl (C=O) groups excluding carboxylic acids is 1. The molecule has 3 fully saturated rings. The maximum atomic E-state index is 13.5. The first-order valence-electron chi connectivity index (χ1n) is 41.5. The molecule has 17 atom stereocenters. The third-order valence-electron chi connectivity index (χ3n) is 20.1. The van der Waals surface area contributed by atoms with Crippen molar-refractivity contribution in [2.75, 3.05) is 26.4 Å². The monoisotopic (exact) mass is 1470 g/mol. The van der Waals surface area contributed by atoms with E-state index in [1.807, 2.05) is 6.08 Å². The summed E-state index contributed by atoms with van der Waals surface area (Å²) in [6.07, 6.45) is 61.1. The van der Waals surface area contributed by atoms with E-state index in [1.54, 1.807) is 6.08 Å². The third kappa shape index (κ3) is 43.8. The highest BCUT2D eigenvalue weighted by atomic mass is 16.8. The van der Waals surface area contributed by atoms with Gasteiger partial charge in [0.1, 0.15) is 73.2 Å². The van der Waals surface area contributed by atoms with E-state index in [0.29, 0.717) is 12.8 Å². The number of ether oxygens (including phenoxy) is 6. The molecule has 17 unspecified atom stereocenters. The summed E-state index contributed by atoms with van der Waals surface area (Å²) in [6, 6.07) is -1.00. The molecule has 1 amide bonds. The van der Waals surface area contributed by atoms with Crippen molar-refractivity contribution in [1.29, 1.82) is 0 Å². The van der Waals surface area contributed by atoms with E-state index in [9.17, 15) is 61.0 Å². The zero-order chi connectivity index (χ0) is 75.3. The van der Waals surface area contributed by atoms with Crippen LogP contribution in [0, 0.1) is 0 Å². The first kappa shape index (κ1) is 94.9. The van der Waals surface area contributed by atoms with E-state index in [1.165, 1.54) is 180 Å². The topological polar surface area (TPSA) is 307 Å². The first-order chi connectivity index (χ1) is 50.8. The Morgan fingerprint density at radius 1 is 0.356 bits per heavy atom. The van der Waals surface area contributed by atoms with Crippen molar-refractivity contribution in [3.05, 3.63) is 97.2 Å². The fourth-order valence-corrected chi connectivity index (χ4v) is 13.5. The van der Waals surface area contributed by atoms with Gasteiger partial charge in [0.15, 0.2) is 18.9 Å². The summed E-state index contributed by atoms with van der Waals surface area (Å²) in [5, 5.41) is 121. The number of aliphatic hydroxyl groups excluding tert-OH is 11. The molecule has 0 saturated carbocycles. The van der Waals surface area contributed by atoms with Gasteiger partial charge >= 0.3 is 0 Å². The fraction of sp³-hybridized carbons (Fsp3) is 0.800. The summed E-state index contributed by atoms with van der Waals surface area (Å²) in [6.45, 7) is 1.62. The summed E-state index contributed by atoms with van der Waals surface area (Å²) in [4.78, 5) is 13.5. The number of amides is 1. The summed E-state index contributed by atoms with van der Waals surface area (Å²) in [5.41, 5.74) is 0. The molecule has 0 aromatic rings. The molecule has 19 heteroatoms. The third-order valence-corrected chi connectivity index (χ3v) is 20.1. The molecule has 3 rings (SSSR count). The lowest BCUT2D eigenvalue weighted by Crippen LogP contribution is -2.66. The van der Waals surface area contributed by atoms with Gasteiger partial charge in [-0.1, -0.05) is 304 Å². The van der Waals surface area contributed by atoms with Crippen molar-refractivity contribution in [2.24, 2.45) is 0 Å². The number of carbonyl (C=O) groups is 1. The van der Waals surface area contributed by atoms with Crippen LogP contribution in [0.25, 0.3) is 0 Å². The van der Waals surface area contributed by atoms with Gasteiger partial charge in [-0.25, -0.2) is 0 Å². The fourth-order valence-electron chi connectivity index (χ4n) is 13.5. The Morgan fingerprint density at radius 3 is 1.08 bits per heavy atom. The highest BCUT2D eigenvalue weighted by Gasteiger charge is 2.54. The molecule has 12 N–H and O–H groups in total. The van der Waals surface area contributed by atoms with Crippen molar-refractivity contribution >= 4 is 5.91 Å². The summed E-state index contributed by atoms with van der Waals surface area (Å²) in [7, 11) is 0. The average Bonchev–Trinajstić information content (AvgIpc) is 0.781. The predicted octanol–water partition coefficient (Wildman–Crippen LogP) is 14.3. The van der Waals surface area contributed by atoms with Crippen molar-refractivity contribution in [2.45, 2.75) is 407 Å². The lowest BCUT2D eigenvalue weighted by Gasteiger charge is -2.48. The van der Waals surface area contributed by atoms with Crippen LogP contribution in [0.5, 0.6) is 0 Å². The van der Waals surface area contributed by atoms with Gasteiger partial charge in [0.25, 0.3) is 0 Å². The molecule has 3 aliphatic heterocycles. The average molecular weight is 1470 g/mol. The number of aliphatic hydroxyl groups is 11. The number of nitrogens with one attached hydrogen (secondary N) is 1. The predicted molar refractivity (Wildman–Crippen MR) is 415 cm³/mol. The van der Waals surface area contributed by atoms with E-state index < -0.39 is 124 Å². The maximum absolute atomic E-state index is 13.5. The van der Waals surface area contributed by atoms with Gasteiger partial charge in [0, 0.05) is 6.42 Å². The van der Waals surface area contributed by atoms with Crippen LogP contribution in [0.4, 0.5) is 0 Å². The van der Waals surface area contributed by atoms with Crippen LogP contribution in [0.3, 0.4) is 0 Å². The van der Waals surface area contributed by atoms with Gasteiger partial charge in [-0.3, -0.25) is 4.79 Å². The lowest BCUT2D eigenvalue weighted by molar-refractivity contribution is -0.379. The lowest BCUT2D eigenvalue weighted by atomic mass is 9.96. The summed E-state index contributed by atoms with van der Waals surface area (Å²) < 4.78 is 34.4. The van der Waals surface area contributed by atoms with Crippen LogP contribution < -0.4 is 5.32 Å². The second-order valence-electron chi connectivity index (χ2n) is 29.2. The molecule has 3 heterocycles. The van der Waals surface area contributed by atoms with Crippen LogP contribution in [0.15, 0.2) is 97.2 Å². The second kappa shape index (κ2) is 64.5. The number of hydrogen-bond acceptors (Lipinski definition) is 18. The number of allylic oxidation sites excluding steroid dienone is 15. The standard InChI is InChI=1S/C85H149NO18/c1-3-5-7-9-11-13-15-17-19-21-23-25-27-29-31-33-35-36-38-40-42-44-46-48-50-52-54-56-58-60-62-69(90)68(86-73(91)63-61-59-57-55-53-51-49-47-45-43-41-39-37-34-32-30-28-26-24-22-20-18-16-14-12-10-8-6-4-2)67-99-83-79(97)76(94)81(71(65-88)101-83)104-85-80(98)77(95)82(72(66-89)102-85)103-84-78(96)75(93)74(92)70(64-87)100-84/h6,8,12,14,18,20,24,26,30,32,44,46,52,54,60,62,68-72,74-85,87-90,92-98H,3-5,7,9-11,13,15-17,19,21-23,25,27-29,31,33-43,45,47-51,53,55-59,61,63-67H2,1-2H3,(H,86,91)/b8-6-,14-12-,20-18-,26-24-,32-30-,46-44+,54-52+,62-60+. The van der Waals surface area contributed by atoms with Gasteiger partial charge in [-0.2, -0.15) is 0 Å². The highest BCUT2D eigenvalue weighted by Crippen LogP contribution is 2.33. The molecular weight excluding hydrogens is 1320 g/mol. The van der Waals surface area contributed by atoms with Crippen molar-refractivity contribution in [3.8, 4) is 0 Å². The van der Waals surface area contributed by atoms with E-state index in [2.05, 4.69) is 104 Å². The minimum Gasteiger partial charge on any atom is -0.394 e. The molecule has 602 valence electrons. The normalized spacial score (nSPS) is 26.4. The van der Waals surface area contributed by atoms with Crippen LogP contribution in [0.2, 0.25) is 0 Å². The maximum Gasteiger partial charge on any atom is 0.220 e. The highest BCUT2D eigenvalue weighted by molar-refractivity contribution is 5.76. The van der Waals surface area contributed by atoms with Gasteiger partial charge in [-0.05, 0) is 89.9 Å². The SMILES string of the molecule is CC/C=C\C/C=C\C/C=C\C/C=C\C/C=C\CCCCCCCCCCCCCCCC(=O)NC(COC1OC(CO)C(OC2OC(CO)C(OC3OC(CO)C(O)C(O)C3O)C(O)C2O)C(O)C1O)C(O)/C=C/CC/C=C/CC/C=C/CCCCCCCCCCCCCCCCCCCCCC. The summed E-state index contributed by atoms with van der Waals surface area (Å²) in [5.74, 6) is -0.292. The van der Waals surface area contributed by atoms with E-state index in [0.717, 1.165) is 89.9 Å². The Hall–Kier alpha value is -3.29. The molecule has 0 aliphatic carbocycles. The van der Waals surface area contributed by atoms with E-state index in [-0.39, 0.29) is 18.9 Å². The van der Waals surface area contributed by atoms with Crippen LogP contribution in [-0.2, 0) is 33.2 Å². The van der Waals surface area contributed by atoms with Crippen LogP contribution in [0.1, 0.15) is 303 Å². The molecule has 104 heavy (non-hydrogen) atoms. The van der Waals surface area contributed by atoms with Crippen molar-refractivity contribution < 1.29 is 89.4 Å². The molecule has 3 saturated heterocycles. The number of unbranched alkanes of at least 4 members (excludes halogenated alkanes) is 35. The van der Waals surface area contributed by atoms with Gasteiger partial charge in [0.2, 0.25) is 5.91 Å². The molecule has 0 aromatic heterocycles. The molecule has 19 nitrogen and oxygen atoms in total. The van der Waals surface area contributed by atoms with E-state index >= 15 is 0 Å². The van der Waals surface area contributed by atoms with Gasteiger partial charge in [0.05, 0.1) is 38.6 Å². The smallest absolute Gasteiger partial charge is 0.220 e. The molecule has 0 aromatic carbocycles. The number of rotatable bonds is 65. The zero-order valence-corrected chi connectivity index (χ0v) is 64.5. The Balaban J connectivity index is 1.39. The Labute approximate surface area is 628 Å². The molecule has 0 radical (unpaired) electrons. The Morgan fingerprint density at radius 2 is 0.673 bits per heavy atom.